The fourth-order valence-electron chi connectivity index (χ4n) is 1.09. The Bertz CT molecular complexity index is 436. The minimum absolute atomic E-state index is 0.674. The van der Waals surface area contributed by atoms with Crippen LogP contribution >= 0.6 is 34.6 Å². The van der Waals surface area contributed by atoms with Gasteiger partial charge in [0.1, 0.15) is 9.83 Å². The SMILES string of the molecule is O=S1SC(=S)C=C1c1ccc(Cl)cc1. The fraction of sp³-hybridized carbons (Fsp3) is 0. The summed E-state index contributed by atoms with van der Waals surface area (Å²) in [5.41, 5.74) is 0.917. The van der Waals surface area contributed by atoms with Crippen LogP contribution in [0.3, 0.4) is 0 Å². The minimum Gasteiger partial charge on any atom is -0.242 e. The second-order valence-corrected chi connectivity index (χ2v) is 6.71. The first-order valence-electron chi connectivity index (χ1n) is 3.78. The molecular weight excluding hydrogens is 256 g/mol. The number of hydrogen-bond acceptors (Lipinski definition) is 3. The quantitative estimate of drug-likeness (QED) is 0.569. The molecule has 0 radical (unpaired) electrons. The van der Waals surface area contributed by atoms with Crippen molar-refractivity contribution in [2.24, 2.45) is 0 Å². The minimum atomic E-state index is -1.05. The number of hydrogen-bond donors (Lipinski definition) is 0. The summed E-state index contributed by atoms with van der Waals surface area (Å²) in [6.45, 7) is 0. The van der Waals surface area contributed by atoms with E-state index in [-0.39, 0.29) is 0 Å². The van der Waals surface area contributed by atoms with Crippen LogP contribution in [-0.4, -0.2) is 8.41 Å². The number of benzene rings is 1. The second kappa shape index (κ2) is 4.14. The third-order valence-corrected chi connectivity index (χ3v) is 5.33. The van der Waals surface area contributed by atoms with Crippen molar-refractivity contribution >= 4 is 53.5 Å². The van der Waals surface area contributed by atoms with Crippen LogP contribution in [0.1, 0.15) is 5.56 Å². The maximum absolute atomic E-state index is 11.6. The van der Waals surface area contributed by atoms with E-state index in [4.69, 9.17) is 23.8 Å². The normalized spacial score (nSPS) is 21.1. The standard InChI is InChI=1S/C9H5ClOS3/c10-7-3-1-6(2-4-7)8-5-9(12)13-14(8)11/h1-5H. The highest BCUT2D eigenvalue weighted by Gasteiger charge is 2.19. The molecule has 1 aromatic carbocycles. The van der Waals surface area contributed by atoms with Crippen LogP contribution in [0, 0.1) is 0 Å². The molecule has 0 fully saturated rings. The molecule has 1 aliphatic rings. The van der Waals surface area contributed by atoms with Gasteiger partial charge in [-0.05, 0) is 34.6 Å². The molecule has 14 heavy (non-hydrogen) atoms. The summed E-state index contributed by atoms with van der Waals surface area (Å²) in [4.78, 5) is 0.775. The summed E-state index contributed by atoms with van der Waals surface area (Å²) in [6.07, 6.45) is 1.78. The van der Waals surface area contributed by atoms with E-state index in [1.807, 2.05) is 12.1 Å². The van der Waals surface area contributed by atoms with Gasteiger partial charge >= 0.3 is 0 Å². The average molecular weight is 261 g/mol. The molecule has 0 N–H and O–H groups in total. The maximum atomic E-state index is 11.6. The molecule has 0 bridgehead atoms. The van der Waals surface area contributed by atoms with E-state index in [1.54, 1.807) is 18.2 Å². The zero-order valence-electron chi connectivity index (χ0n) is 6.90. The van der Waals surface area contributed by atoms with E-state index in [1.165, 1.54) is 10.8 Å². The van der Waals surface area contributed by atoms with E-state index in [9.17, 15) is 4.21 Å². The average Bonchev–Trinajstić information content (AvgIpc) is 2.47. The number of rotatable bonds is 1. The van der Waals surface area contributed by atoms with Gasteiger partial charge in [0.25, 0.3) is 0 Å². The molecule has 0 saturated carbocycles. The van der Waals surface area contributed by atoms with Crippen LogP contribution in [0.15, 0.2) is 30.3 Å². The lowest BCUT2D eigenvalue weighted by Gasteiger charge is -1.99. The van der Waals surface area contributed by atoms with Crippen molar-refractivity contribution in [1.29, 1.82) is 0 Å². The molecule has 2 rings (SSSR count). The Kier molecular flexibility index (Phi) is 3.07. The van der Waals surface area contributed by atoms with Crippen LogP contribution < -0.4 is 0 Å². The van der Waals surface area contributed by atoms with Gasteiger partial charge in [0, 0.05) is 5.02 Å². The van der Waals surface area contributed by atoms with Gasteiger partial charge in [-0.15, -0.1) is 0 Å². The van der Waals surface area contributed by atoms with Crippen LogP contribution in [0.4, 0.5) is 0 Å². The lowest BCUT2D eigenvalue weighted by atomic mass is 10.2. The molecule has 5 heteroatoms. The van der Waals surface area contributed by atoms with Crippen LogP contribution in [-0.2, 0) is 9.83 Å². The van der Waals surface area contributed by atoms with Crippen LogP contribution in [0.2, 0.25) is 5.02 Å². The largest absolute Gasteiger partial charge is 0.242 e. The van der Waals surface area contributed by atoms with E-state index >= 15 is 0 Å². The predicted molar refractivity (Wildman–Crippen MR) is 67.8 cm³/mol. The molecule has 1 heterocycles. The third kappa shape index (κ3) is 2.08. The Morgan fingerprint density at radius 2 is 1.93 bits per heavy atom. The highest BCUT2D eigenvalue weighted by Crippen LogP contribution is 2.34. The van der Waals surface area contributed by atoms with Crippen molar-refractivity contribution in [2.45, 2.75) is 0 Å². The van der Waals surface area contributed by atoms with Gasteiger partial charge in [0.2, 0.25) is 0 Å². The predicted octanol–water partition coefficient (Wildman–Crippen LogP) is 3.42. The van der Waals surface area contributed by atoms with Gasteiger partial charge in [0.15, 0.2) is 0 Å². The summed E-state index contributed by atoms with van der Waals surface area (Å²) in [5, 5.41) is 0.674. The Hall–Kier alpha value is -0.160. The van der Waals surface area contributed by atoms with Gasteiger partial charge in [-0.25, -0.2) is 4.21 Å². The van der Waals surface area contributed by atoms with Crippen LogP contribution in [0.25, 0.3) is 4.91 Å². The van der Waals surface area contributed by atoms with E-state index < -0.39 is 9.83 Å². The molecule has 1 nitrogen and oxygen atoms in total. The highest BCUT2D eigenvalue weighted by molar-refractivity contribution is 8.80. The lowest BCUT2D eigenvalue weighted by Crippen LogP contribution is -1.84. The lowest BCUT2D eigenvalue weighted by molar-refractivity contribution is 0.697. The maximum Gasteiger partial charge on any atom is 0.119 e. The molecule has 0 aliphatic carbocycles. The molecule has 0 saturated heterocycles. The first-order valence-corrected chi connectivity index (χ1v) is 7.05. The third-order valence-electron chi connectivity index (χ3n) is 1.72. The van der Waals surface area contributed by atoms with Crippen molar-refractivity contribution in [3.63, 3.8) is 0 Å². The summed E-state index contributed by atoms with van der Waals surface area (Å²) < 4.78 is 12.2. The van der Waals surface area contributed by atoms with Crippen molar-refractivity contribution in [2.75, 3.05) is 0 Å². The molecule has 0 aromatic heterocycles. The topological polar surface area (TPSA) is 17.1 Å². The van der Waals surface area contributed by atoms with Crippen molar-refractivity contribution < 1.29 is 4.21 Å². The van der Waals surface area contributed by atoms with Gasteiger partial charge in [-0.2, -0.15) is 0 Å². The molecule has 1 aliphatic heterocycles. The van der Waals surface area contributed by atoms with Gasteiger partial charge < -0.3 is 0 Å². The first kappa shape index (κ1) is 10.4. The molecule has 0 spiro atoms. The Morgan fingerprint density at radius 1 is 1.29 bits per heavy atom. The molecular formula is C9H5ClOS3. The van der Waals surface area contributed by atoms with E-state index in [0.29, 0.717) is 9.22 Å². The number of halogens is 1. The van der Waals surface area contributed by atoms with Gasteiger partial charge in [-0.1, -0.05) is 36.0 Å². The smallest absolute Gasteiger partial charge is 0.119 e. The van der Waals surface area contributed by atoms with E-state index in [2.05, 4.69) is 0 Å². The summed E-state index contributed by atoms with van der Waals surface area (Å²) in [7, 11) is 0.151. The highest BCUT2D eigenvalue weighted by atomic mass is 35.5. The molecule has 1 unspecified atom stereocenters. The van der Waals surface area contributed by atoms with Crippen molar-refractivity contribution in [3.8, 4) is 0 Å². The van der Waals surface area contributed by atoms with Crippen molar-refractivity contribution in [3.05, 3.63) is 40.9 Å². The first-order chi connectivity index (χ1) is 6.66. The monoisotopic (exact) mass is 260 g/mol. The van der Waals surface area contributed by atoms with Crippen molar-refractivity contribution in [1.82, 2.24) is 0 Å². The summed E-state index contributed by atoms with van der Waals surface area (Å²) in [6, 6.07) is 7.25. The molecule has 72 valence electrons. The Labute approximate surface area is 98.4 Å². The zero-order chi connectivity index (χ0) is 10.1. The Morgan fingerprint density at radius 3 is 2.43 bits per heavy atom. The molecule has 1 atom stereocenters. The van der Waals surface area contributed by atoms with E-state index in [0.717, 1.165) is 10.5 Å². The van der Waals surface area contributed by atoms with Gasteiger partial charge in [0.05, 0.1) is 9.10 Å². The molecule has 1 aromatic rings. The second-order valence-electron chi connectivity index (χ2n) is 2.65. The zero-order valence-corrected chi connectivity index (χ0v) is 10.1. The van der Waals surface area contributed by atoms with Gasteiger partial charge in [-0.3, -0.25) is 0 Å². The van der Waals surface area contributed by atoms with Crippen LogP contribution in [0.5, 0.6) is 0 Å². The summed E-state index contributed by atoms with van der Waals surface area (Å²) >= 11 is 10.7. The molecule has 0 amide bonds. The summed E-state index contributed by atoms with van der Waals surface area (Å²) in [5.74, 6) is 0. The fourth-order valence-corrected chi connectivity index (χ4v) is 4.28. The number of thiocarbonyl (C=S) groups is 1. The Balaban J connectivity index is 2.41.